The Hall–Kier alpha value is -0.890. The van der Waals surface area contributed by atoms with Crippen molar-refractivity contribution in [2.24, 2.45) is 0 Å². The van der Waals surface area contributed by atoms with E-state index in [4.69, 9.17) is 0 Å². The van der Waals surface area contributed by atoms with Crippen molar-refractivity contribution < 1.29 is 0 Å². The van der Waals surface area contributed by atoms with Gasteiger partial charge in [0, 0.05) is 0 Å². The first-order chi connectivity index (χ1) is 6.92. The van der Waals surface area contributed by atoms with Gasteiger partial charge in [-0.05, 0) is 24.5 Å². The number of hydrogen-bond donors (Lipinski definition) is 0. The fourth-order valence-electron chi connectivity index (χ4n) is 1.66. The van der Waals surface area contributed by atoms with Crippen LogP contribution in [0.25, 0.3) is 10.2 Å². The van der Waals surface area contributed by atoms with E-state index < -0.39 is 0 Å². The molecule has 0 spiro atoms. The van der Waals surface area contributed by atoms with Gasteiger partial charge in [-0.1, -0.05) is 31.9 Å². The molecule has 0 fully saturated rings. The van der Waals surface area contributed by atoms with Gasteiger partial charge < -0.3 is 0 Å². The van der Waals surface area contributed by atoms with E-state index in [1.807, 2.05) is 0 Å². The number of thiazole rings is 1. The Kier molecular flexibility index (Phi) is 3.14. The number of rotatable bonds is 4. The van der Waals surface area contributed by atoms with Crippen molar-refractivity contribution in [3.05, 3.63) is 29.3 Å². The van der Waals surface area contributed by atoms with E-state index in [1.54, 1.807) is 11.3 Å². The number of aromatic nitrogens is 1. The lowest BCUT2D eigenvalue weighted by atomic mass is 10.1. The average Bonchev–Trinajstić information content (AvgIpc) is 2.67. The molecule has 0 saturated heterocycles. The summed E-state index contributed by atoms with van der Waals surface area (Å²) in [6, 6.07) is 6.42. The van der Waals surface area contributed by atoms with Gasteiger partial charge in [0.1, 0.15) is 0 Å². The highest BCUT2D eigenvalue weighted by Crippen LogP contribution is 2.22. The van der Waals surface area contributed by atoms with Crippen LogP contribution in [0.5, 0.6) is 0 Å². The lowest BCUT2D eigenvalue weighted by Crippen LogP contribution is -1.86. The molecule has 0 atom stereocenters. The Balaban J connectivity index is 2.19. The summed E-state index contributed by atoms with van der Waals surface area (Å²) >= 11 is 1.60. The van der Waals surface area contributed by atoms with Crippen LogP contribution in [0.3, 0.4) is 0 Å². The van der Waals surface area contributed by atoms with E-state index in [0.717, 1.165) is 11.9 Å². The fourth-order valence-corrected chi connectivity index (χ4v) is 2.32. The van der Waals surface area contributed by atoms with Crippen molar-refractivity contribution in [2.45, 2.75) is 32.6 Å². The average molecular weight is 204 g/mol. The van der Waals surface area contributed by atoms with E-state index in [9.17, 15) is 0 Å². The molecular formula is C12H14NS. The van der Waals surface area contributed by atoms with E-state index in [-0.39, 0.29) is 0 Å². The highest BCUT2D eigenvalue weighted by molar-refractivity contribution is 7.16. The number of para-hydroxylation sites is 1. The summed E-state index contributed by atoms with van der Waals surface area (Å²) in [6.45, 7) is 2.23. The third-order valence-corrected chi connectivity index (χ3v) is 3.18. The molecule has 0 bridgehead atoms. The minimum atomic E-state index is 1.16. The van der Waals surface area contributed by atoms with Gasteiger partial charge in [0.2, 0.25) is 0 Å². The summed E-state index contributed by atoms with van der Waals surface area (Å²) in [5, 5.41) is 0. The molecule has 1 heterocycles. The summed E-state index contributed by atoms with van der Waals surface area (Å²) in [6.07, 6.45) is 5.01. The summed E-state index contributed by atoms with van der Waals surface area (Å²) < 4.78 is 1.26. The van der Waals surface area contributed by atoms with Crippen molar-refractivity contribution in [1.29, 1.82) is 0 Å². The number of aryl methyl sites for hydroxylation is 1. The maximum Gasteiger partial charge on any atom is 0.153 e. The van der Waals surface area contributed by atoms with Gasteiger partial charge in [-0.25, -0.2) is 4.98 Å². The lowest BCUT2D eigenvalue weighted by molar-refractivity contribution is 0.719. The third-order valence-electron chi connectivity index (χ3n) is 2.45. The molecule has 1 aromatic carbocycles. The minimum absolute atomic E-state index is 1.16. The van der Waals surface area contributed by atoms with Gasteiger partial charge in [0.15, 0.2) is 5.51 Å². The molecule has 2 heteroatoms. The fraction of sp³-hybridized carbons (Fsp3) is 0.417. The first-order valence-electron chi connectivity index (χ1n) is 5.16. The molecule has 0 aliphatic heterocycles. The Morgan fingerprint density at radius 1 is 1.36 bits per heavy atom. The first-order valence-corrected chi connectivity index (χ1v) is 5.98. The number of nitrogens with zero attached hydrogens (tertiary/aromatic N) is 1. The van der Waals surface area contributed by atoms with Crippen LogP contribution in [0.2, 0.25) is 0 Å². The quantitative estimate of drug-likeness (QED) is 0.690. The molecule has 2 aromatic rings. The predicted octanol–water partition coefficient (Wildman–Crippen LogP) is 3.83. The molecule has 14 heavy (non-hydrogen) atoms. The molecule has 0 saturated carbocycles. The largest absolute Gasteiger partial charge is 0.233 e. The van der Waals surface area contributed by atoms with Gasteiger partial charge in [0.25, 0.3) is 0 Å². The summed E-state index contributed by atoms with van der Waals surface area (Å²) in [5.41, 5.74) is 5.50. The van der Waals surface area contributed by atoms with Gasteiger partial charge in [0.05, 0.1) is 10.2 Å². The summed E-state index contributed by atoms with van der Waals surface area (Å²) in [7, 11) is 0. The van der Waals surface area contributed by atoms with Gasteiger partial charge in [-0.3, -0.25) is 0 Å². The zero-order valence-corrected chi connectivity index (χ0v) is 9.23. The molecular weight excluding hydrogens is 190 g/mol. The normalized spacial score (nSPS) is 10.9. The van der Waals surface area contributed by atoms with Gasteiger partial charge >= 0.3 is 0 Å². The summed E-state index contributed by atoms with van der Waals surface area (Å²) in [5.74, 6) is 0. The second-order valence-electron chi connectivity index (χ2n) is 3.53. The topological polar surface area (TPSA) is 12.9 Å². The van der Waals surface area contributed by atoms with Crippen LogP contribution in [0.4, 0.5) is 0 Å². The summed E-state index contributed by atoms with van der Waals surface area (Å²) in [4.78, 5) is 4.29. The van der Waals surface area contributed by atoms with Crippen LogP contribution in [-0.2, 0) is 6.42 Å². The zero-order valence-electron chi connectivity index (χ0n) is 8.42. The molecule has 1 aromatic heterocycles. The van der Waals surface area contributed by atoms with Crippen LogP contribution in [-0.4, -0.2) is 4.98 Å². The Morgan fingerprint density at radius 2 is 2.29 bits per heavy atom. The second-order valence-corrected chi connectivity index (χ2v) is 4.35. The standard InChI is InChI=1S/C12H14NS/c1-2-3-4-6-10-7-5-8-11-12(10)13-9-14-11/h5,7-8H,2-4,6H2,1H3. The molecule has 0 unspecified atom stereocenters. The highest BCUT2D eigenvalue weighted by atomic mass is 32.1. The molecule has 0 amide bonds. The monoisotopic (exact) mass is 204 g/mol. The minimum Gasteiger partial charge on any atom is -0.233 e. The molecule has 2 rings (SSSR count). The molecule has 73 valence electrons. The van der Waals surface area contributed by atoms with E-state index in [1.165, 1.54) is 29.5 Å². The van der Waals surface area contributed by atoms with Crippen LogP contribution >= 0.6 is 11.3 Å². The molecule has 1 radical (unpaired) electrons. The Bertz CT molecular complexity index is 405. The first kappa shape index (κ1) is 9.66. The molecule has 0 N–H and O–H groups in total. The lowest BCUT2D eigenvalue weighted by Gasteiger charge is -2.00. The zero-order chi connectivity index (χ0) is 9.80. The number of benzene rings is 1. The Labute approximate surface area is 88.8 Å². The maximum atomic E-state index is 4.29. The van der Waals surface area contributed by atoms with Crippen molar-refractivity contribution >= 4 is 21.6 Å². The van der Waals surface area contributed by atoms with Crippen LogP contribution in [0.1, 0.15) is 31.7 Å². The third kappa shape index (κ3) is 1.95. The van der Waals surface area contributed by atoms with Crippen molar-refractivity contribution in [3.8, 4) is 0 Å². The van der Waals surface area contributed by atoms with Crippen LogP contribution < -0.4 is 0 Å². The number of hydrogen-bond acceptors (Lipinski definition) is 2. The van der Waals surface area contributed by atoms with E-state index >= 15 is 0 Å². The van der Waals surface area contributed by atoms with Crippen molar-refractivity contribution in [2.75, 3.05) is 0 Å². The molecule has 0 aliphatic rings. The van der Waals surface area contributed by atoms with Crippen LogP contribution in [0.15, 0.2) is 18.2 Å². The maximum absolute atomic E-state index is 4.29. The number of fused-ring (bicyclic) bond motifs is 1. The SMILES string of the molecule is CCCCCc1cccc2s[c]nc12. The predicted molar refractivity (Wildman–Crippen MR) is 61.7 cm³/mol. The smallest absolute Gasteiger partial charge is 0.153 e. The highest BCUT2D eigenvalue weighted by Gasteiger charge is 2.02. The Morgan fingerprint density at radius 3 is 3.14 bits per heavy atom. The molecule has 0 aliphatic carbocycles. The van der Waals surface area contributed by atoms with E-state index in [0.29, 0.717) is 0 Å². The van der Waals surface area contributed by atoms with Crippen molar-refractivity contribution in [1.82, 2.24) is 4.98 Å². The van der Waals surface area contributed by atoms with Crippen molar-refractivity contribution in [3.63, 3.8) is 0 Å². The number of unbranched alkanes of at least 4 members (excludes halogenated alkanes) is 2. The molecule has 1 nitrogen and oxygen atoms in total. The van der Waals surface area contributed by atoms with Crippen LogP contribution in [0, 0.1) is 5.51 Å². The van der Waals surface area contributed by atoms with E-state index in [2.05, 4.69) is 35.6 Å². The van der Waals surface area contributed by atoms with Gasteiger partial charge in [-0.2, -0.15) is 0 Å². The van der Waals surface area contributed by atoms with Gasteiger partial charge in [-0.15, -0.1) is 11.3 Å². The second kappa shape index (κ2) is 4.56.